The second-order valence-corrected chi connectivity index (χ2v) is 3.87. The van der Waals surface area contributed by atoms with Crippen molar-refractivity contribution in [2.45, 2.75) is 32.7 Å². The summed E-state index contributed by atoms with van der Waals surface area (Å²) in [6, 6.07) is 7.40. The van der Waals surface area contributed by atoms with Crippen LogP contribution in [0, 0.1) is 0 Å². The Kier molecular flexibility index (Phi) is 4.99. The quantitative estimate of drug-likeness (QED) is 0.750. The van der Waals surface area contributed by atoms with Gasteiger partial charge in [-0.05, 0) is 32.4 Å². The number of Topliss-reactive ketones (excluding diaryl/α,β-unsaturated/α-hetero) is 1. The molecule has 2 N–H and O–H groups in total. The van der Waals surface area contributed by atoms with Gasteiger partial charge in [0, 0.05) is 12.5 Å². The monoisotopic (exact) mass is 221 g/mol. The van der Waals surface area contributed by atoms with Crippen molar-refractivity contribution in [1.29, 1.82) is 0 Å². The van der Waals surface area contributed by atoms with Gasteiger partial charge < -0.3 is 10.5 Å². The number of para-hydroxylation sites is 1. The molecule has 0 heterocycles. The van der Waals surface area contributed by atoms with Crippen LogP contribution in [0.25, 0.3) is 0 Å². The third-order valence-electron chi connectivity index (χ3n) is 2.31. The van der Waals surface area contributed by atoms with E-state index < -0.39 is 0 Å². The third kappa shape index (κ3) is 3.66. The molecule has 16 heavy (non-hydrogen) atoms. The Bertz CT molecular complexity index is 348. The molecule has 0 aliphatic carbocycles. The summed E-state index contributed by atoms with van der Waals surface area (Å²) < 4.78 is 5.41. The van der Waals surface area contributed by atoms with E-state index in [0.29, 0.717) is 30.8 Å². The first kappa shape index (κ1) is 12.7. The predicted octanol–water partition coefficient (Wildman–Crippen LogP) is 2.40. The largest absolute Gasteiger partial charge is 0.493 e. The molecule has 1 aromatic rings. The smallest absolute Gasteiger partial charge is 0.166 e. The Labute approximate surface area is 96.6 Å². The molecule has 0 spiro atoms. The fourth-order valence-corrected chi connectivity index (χ4v) is 1.47. The highest BCUT2D eigenvalue weighted by Crippen LogP contribution is 2.20. The first-order valence-electron chi connectivity index (χ1n) is 5.65. The number of hydrogen-bond acceptors (Lipinski definition) is 3. The third-order valence-corrected chi connectivity index (χ3v) is 2.31. The molecule has 1 aromatic carbocycles. The molecule has 0 amide bonds. The summed E-state index contributed by atoms with van der Waals surface area (Å²) in [5, 5.41) is 0. The molecule has 3 heteroatoms. The number of ketones is 1. The lowest BCUT2D eigenvalue weighted by molar-refractivity contribution is 0.0974. The summed E-state index contributed by atoms with van der Waals surface area (Å²) in [7, 11) is 0. The number of nitrogens with two attached hydrogens (primary N) is 1. The second kappa shape index (κ2) is 6.28. The van der Waals surface area contributed by atoms with Gasteiger partial charge in [-0.2, -0.15) is 0 Å². The first-order chi connectivity index (χ1) is 7.65. The van der Waals surface area contributed by atoms with Crippen molar-refractivity contribution in [2.24, 2.45) is 5.73 Å². The molecule has 0 bridgehead atoms. The van der Waals surface area contributed by atoms with E-state index in [9.17, 15) is 4.79 Å². The number of ether oxygens (including phenoxy) is 1. The molecule has 0 saturated carbocycles. The van der Waals surface area contributed by atoms with Crippen molar-refractivity contribution in [3.8, 4) is 5.75 Å². The van der Waals surface area contributed by atoms with Crippen LogP contribution in [0.3, 0.4) is 0 Å². The average molecular weight is 221 g/mol. The lowest BCUT2D eigenvalue weighted by atomic mass is 10.0. The molecule has 88 valence electrons. The maximum absolute atomic E-state index is 11.9. The Balaban J connectivity index is 2.73. The maximum Gasteiger partial charge on any atom is 0.166 e. The summed E-state index contributed by atoms with van der Waals surface area (Å²) >= 11 is 0. The highest BCUT2D eigenvalue weighted by Gasteiger charge is 2.11. The summed E-state index contributed by atoms with van der Waals surface area (Å²) in [6.07, 6.45) is 1.18. The topological polar surface area (TPSA) is 52.3 Å². The number of hydrogen-bond donors (Lipinski definition) is 1. The van der Waals surface area contributed by atoms with Crippen LogP contribution in [0.15, 0.2) is 24.3 Å². The summed E-state index contributed by atoms with van der Waals surface area (Å²) in [6.45, 7) is 4.38. The highest BCUT2D eigenvalue weighted by molar-refractivity contribution is 5.98. The van der Waals surface area contributed by atoms with Crippen LogP contribution in [0.1, 0.15) is 37.0 Å². The van der Waals surface area contributed by atoms with Gasteiger partial charge in [0.1, 0.15) is 5.75 Å². The summed E-state index contributed by atoms with van der Waals surface area (Å²) in [4.78, 5) is 11.9. The van der Waals surface area contributed by atoms with Crippen LogP contribution in [0.4, 0.5) is 0 Å². The van der Waals surface area contributed by atoms with Gasteiger partial charge in [-0.15, -0.1) is 0 Å². The van der Waals surface area contributed by atoms with Gasteiger partial charge in [-0.3, -0.25) is 4.79 Å². The van der Waals surface area contributed by atoms with Crippen molar-refractivity contribution >= 4 is 5.78 Å². The van der Waals surface area contributed by atoms with Crippen LogP contribution in [-0.4, -0.2) is 18.4 Å². The van der Waals surface area contributed by atoms with E-state index in [1.807, 2.05) is 32.0 Å². The van der Waals surface area contributed by atoms with E-state index in [2.05, 4.69) is 0 Å². The predicted molar refractivity (Wildman–Crippen MR) is 64.8 cm³/mol. The second-order valence-electron chi connectivity index (χ2n) is 3.87. The van der Waals surface area contributed by atoms with E-state index in [1.165, 1.54) is 0 Å². The van der Waals surface area contributed by atoms with E-state index >= 15 is 0 Å². The van der Waals surface area contributed by atoms with Gasteiger partial charge in [-0.25, -0.2) is 0 Å². The molecular weight excluding hydrogens is 202 g/mol. The lowest BCUT2D eigenvalue weighted by Crippen LogP contribution is -2.16. The van der Waals surface area contributed by atoms with Crippen LogP contribution in [0.5, 0.6) is 5.75 Å². The number of benzene rings is 1. The Morgan fingerprint density at radius 3 is 2.75 bits per heavy atom. The standard InChI is InChI=1S/C13H19NO2/c1-3-16-13-7-5-4-6-11(13)12(15)9-8-10(2)14/h4-7,10H,3,8-9,14H2,1-2H3. The average Bonchev–Trinajstić information content (AvgIpc) is 2.27. The molecule has 0 aliphatic heterocycles. The number of carbonyl (C=O) groups is 1. The minimum Gasteiger partial charge on any atom is -0.493 e. The summed E-state index contributed by atoms with van der Waals surface area (Å²) in [5.41, 5.74) is 6.29. The summed E-state index contributed by atoms with van der Waals surface area (Å²) in [5.74, 6) is 0.765. The van der Waals surface area contributed by atoms with Gasteiger partial charge in [0.05, 0.1) is 12.2 Å². The minimum absolute atomic E-state index is 0.0585. The fourth-order valence-electron chi connectivity index (χ4n) is 1.47. The van der Waals surface area contributed by atoms with Gasteiger partial charge in [0.25, 0.3) is 0 Å². The first-order valence-corrected chi connectivity index (χ1v) is 5.65. The van der Waals surface area contributed by atoms with Crippen LogP contribution >= 0.6 is 0 Å². The van der Waals surface area contributed by atoms with Gasteiger partial charge >= 0.3 is 0 Å². The van der Waals surface area contributed by atoms with E-state index in [4.69, 9.17) is 10.5 Å². The van der Waals surface area contributed by atoms with E-state index in [0.717, 1.165) is 0 Å². The molecule has 0 aliphatic rings. The lowest BCUT2D eigenvalue weighted by Gasteiger charge is -2.09. The van der Waals surface area contributed by atoms with Crippen LogP contribution in [-0.2, 0) is 0 Å². The number of rotatable bonds is 6. The molecule has 3 nitrogen and oxygen atoms in total. The van der Waals surface area contributed by atoms with Gasteiger partial charge in [0.2, 0.25) is 0 Å². The molecule has 1 rings (SSSR count). The van der Waals surface area contributed by atoms with Crippen molar-refractivity contribution in [2.75, 3.05) is 6.61 Å². The Hall–Kier alpha value is -1.35. The van der Waals surface area contributed by atoms with Gasteiger partial charge in [-0.1, -0.05) is 12.1 Å². The minimum atomic E-state index is 0.0585. The zero-order chi connectivity index (χ0) is 12.0. The van der Waals surface area contributed by atoms with E-state index in [1.54, 1.807) is 6.07 Å². The van der Waals surface area contributed by atoms with E-state index in [-0.39, 0.29) is 11.8 Å². The van der Waals surface area contributed by atoms with Crippen LogP contribution in [0.2, 0.25) is 0 Å². The van der Waals surface area contributed by atoms with Gasteiger partial charge in [0.15, 0.2) is 5.78 Å². The fraction of sp³-hybridized carbons (Fsp3) is 0.462. The molecule has 0 fully saturated rings. The zero-order valence-electron chi connectivity index (χ0n) is 9.90. The molecule has 0 aromatic heterocycles. The molecule has 0 radical (unpaired) electrons. The zero-order valence-corrected chi connectivity index (χ0v) is 9.90. The van der Waals surface area contributed by atoms with Crippen LogP contribution < -0.4 is 10.5 Å². The number of carbonyl (C=O) groups excluding carboxylic acids is 1. The highest BCUT2D eigenvalue weighted by atomic mass is 16.5. The van der Waals surface area contributed by atoms with Crippen molar-refractivity contribution < 1.29 is 9.53 Å². The normalized spacial score (nSPS) is 12.2. The van der Waals surface area contributed by atoms with Crippen molar-refractivity contribution in [1.82, 2.24) is 0 Å². The maximum atomic E-state index is 11.9. The van der Waals surface area contributed by atoms with Crippen molar-refractivity contribution in [3.63, 3.8) is 0 Å². The molecule has 0 saturated heterocycles. The Morgan fingerprint density at radius 1 is 1.44 bits per heavy atom. The van der Waals surface area contributed by atoms with Crippen molar-refractivity contribution in [3.05, 3.63) is 29.8 Å². The molecule has 1 unspecified atom stereocenters. The molecule has 1 atom stereocenters. The Morgan fingerprint density at radius 2 is 2.12 bits per heavy atom. The SMILES string of the molecule is CCOc1ccccc1C(=O)CCC(C)N. The molecular formula is C13H19NO2.